The first-order chi connectivity index (χ1) is 14.2. The molecule has 0 unspecified atom stereocenters. The van der Waals surface area contributed by atoms with Gasteiger partial charge in [0.1, 0.15) is 6.54 Å². The molecule has 3 aromatic carbocycles. The van der Waals surface area contributed by atoms with Gasteiger partial charge in [-0.2, -0.15) is 0 Å². The summed E-state index contributed by atoms with van der Waals surface area (Å²) in [7, 11) is -3.92. The number of amides is 1. The third-order valence-corrected chi connectivity index (χ3v) is 6.65. The minimum Gasteiger partial charge on any atom is -0.324 e. The zero-order valence-electron chi connectivity index (χ0n) is 17.6. The molecular formula is C24H26N2O3S. The Bertz CT molecular complexity index is 1130. The lowest BCUT2D eigenvalue weighted by Gasteiger charge is -2.25. The quantitative estimate of drug-likeness (QED) is 0.623. The molecule has 0 aromatic heterocycles. The smallest absolute Gasteiger partial charge is 0.264 e. The highest BCUT2D eigenvalue weighted by molar-refractivity contribution is 7.92. The topological polar surface area (TPSA) is 66.5 Å². The molecular weight excluding hydrogens is 396 g/mol. The lowest BCUT2D eigenvalue weighted by Crippen LogP contribution is -2.38. The predicted molar refractivity (Wildman–Crippen MR) is 121 cm³/mol. The molecule has 1 N–H and O–H groups in total. The zero-order chi connectivity index (χ0) is 21.9. The van der Waals surface area contributed by atoms with E-state index in [1.54, 1.807) is 30.3 Å². The van der Waals surface area contributed by atoms with E-state index in [0.29, 0.717) is 11.4 Å². The number of carbonyl (C=O) groups is 1. The molecule has 0 spiro atoms. The maximum Gasteiger partial charge on any atom is 0.264 e. The molecule has 0 saturated carbocycles. The van der Waals surface area contributed by atoms with Crippen LogP contribution in [0.25, 0.3) is 0 Å². The first-order valence-corrected chi connectivity index (χ1v) is 11.1. The molecule has 0 fully saturated rings. The minimum atomic E-state index is -3.92. The van der Waals surface area contributed by atoms with E-state index in [0.717, 1.165) is 22.3 Å². The molecule has 0 bridgehead atoms. The van der Waals surface area contributed by atoms with Gasteiger partial charge in [0.2, 0.25) is 5.91 Å². The second-order valence-corrected chi connectivity index (χ2v) is 9.35. The lowest BCUT2D eigenvalue weighted by atomic mass is 10.1. The number of rotatable bonds is 6. The second kappa shape index (κ2) is 8.71. The molecule has 0 aliphatic heterocycles. The van der Waals surface area contributed by atoms with Crippen molar-refractivity contribution in [2.24, 2.45) is 0 Å². The Labute approximate surface area is 178 Å². The molecule has 156 valence electrons. The molecule has 0 heterocycles. The van der Waals surface area contributed by atoms with E-state index in [9.17, 15) is 13.2 Å². The highest BCUT2D eigenvalue weighted by Gasteiger charge is 2.27. The van der Waals surface area contributed by atoms with E-state index in [-0.39, 0.29) is 11.4 Å². The van der Waals surface area contributed by atoms with Crippen LogP contribution >= 0.6 is 0 Å². The Morgan fingerprint density at radius 3 is 1.97 bits per heavy atom. The van der Waals surface area contributed by atoms with Crippen molar-refractivity contribution in [3.63, 3.8) is 0 Å². The molecule has 3 rings (SSSR count). The normalized spacial score (nSPS) is 11.2. The highest BCUT2D eigenvalue weighted by Crippen LogP contribution is 2.26. The lowest BCUT2D eigenvalue weighted by molar-refractivity contribution is -0.114. The van der Waals surface area contributed by atoms with Crippen molar-refractivity contribution in [2.75, 3.05) is 16.2 Å². The zero-order valence-corrected chi connectivity index (χ0v) is 18.5. The molecule has 0 aliphatic rings. The average Bonchev–Trinajstić information content (AvgIpc) is 2.69. The minimum absolute atomic E-state index is 0.143. The fraction of sp³-hybridized carbons (Fsp3) is 0.208. The largest absolute Gasteiger partial charge is 0.324 e. The van der Waals surface area contributed by atoms with Crippen molar-refractivity contribution < 1.29 is 13.2 Å². The van der Waals surface area contributed by atoms with Gasteiger partial charge < -0.3 is 5.32 Å². The van der Waals surface area contributed by atoms with Gasteiger partial charge in [0.15, 0.2) is 0 Å². The van der Waals surface area contributed by atoms with Gasteiger partial charge in [-0.15, -0.1) is 0 Å². The molecule has 1 amide bonds. The summed E-state index contributed by atoms with van der Waals surface area (Å²) in [5.74, 6) is -0.397. The van der Waals surface area contributed by atoms with Gasteiger partial charge in [-0.05, 0) is 74.2 Å². The number of benzene rings is 3. The van der Waals surface area contributed by atoms with Gasteiger partial charge in [0.05, 0.1) is 10.6 Å². The van der Waals surface area contributed by atoms with Crippen LogP contribution in [-0.4, -0.2) is 20.9 Å². The maximum absolute atomic E-state index is 13.4. The van der Waals surface area contributed by atoms with Crippen LogP contribution in [0.3, 0.4) is 0 Å². The van der Waals surface area contributed by atoms with E-state index in [1.807, 2.05) is 52.0 Å². The summed E-state index contributed by atoms with van der Waals surface area (Å²) >= 11 is 0. The van der Waals surface area contributed by atoms with Crippen LogP contribution in [0.5, 0.6) is 0 Å². The Morgan fingerprint density at radius 2 is 1.40 bits per heavy atom. The van der Waals surface area contributed by atoms with Crippen molar-refractivity contribution >= 4 is 27.3 Å². The van der Waals surface area contributed by atoms with Gasteiger partial charge in [0.25, 0.3) is 10.0 Å². The Hall–Kier alpha value is -3.12. The van der Waals surface area contributed by atoms with Gasteiger partial charge in [-0.3, -0.25) is 9.10 Å². The number of hydrogen-bond donors (Lipinski definition) is 1. The Kier molecular flexibility index (Phi) is 6.27. The van der Waals surface area contributed by atoms with Crippen molar-refractivity contribution in [3.8, 4) is 0 Å². The number of sulfonamides is 1. The highest BCUT2D eigenvalue weighted by atomic mass is 32.2. The van der Waals surface area contributed by atoms with Gasteiger partial charge in [-0.1, -0.05) is 42.5 Å². The van der Waals surface area contributed by atoms with E-state index in [2.05, 4.69) is 5.32 Å². The number of aryl methyl sites for hydroxylation is 4. The number of para-hydroxylation sites is 1. The van der Waals surface area contributed by atoms with Crippen LogP contribution in [-0.2, 0) is 14.8 Å². The van der Waals surface area contributed by atoms with Crippen molar-refractivity contribution in [1.29, 1.82) is 0 Å². The predicted octanol–water partition coefficient (Wildman–Crippen LogP) is 4.75. The number of nitrogens with one attached hydrogen (secondary N) is 1. The number of hydrogen-bond acceptors (Lipinski definition) is 3. The summed E-state index contributed by atoms with van der Waals surface area (Å²) in [5.41, 5.74) is 4.87. The van der Waals surface area contributed by atoms with Crippen molar-refractivity contribution in [2.45, 2.75) is 32.6 Å². The Balaban J connectivity index is 2.01. The first kappa shape index (κ1) is 21.6. The summed E-state index contributed by atoms with van der Waals surface area (Å²) < 4.78 is 28.0. The second-order valence-electron chi connectivity index (χ2n) is 7.49. The average molecular weight is 423 g/mol. The standard InChI is InChI=1S/C24H26N2O3S/c1-17-13-18(2)15-21(14-17)26(30(28,29)22-11-6-5-7-12-22)16-23(27)25-24-19(3)9-8-10-20(24)4/h5-15H,16H2,1-4H3,(H,25,27). The molecule has 6 heteroatoms. The molecule has 3 aromatic rings. The van der Waals surface area contributed by atoms with Crippen molar-refractivity contribution in [3.05, 3.63) is 89.0 Å². The monoisotopic (exact) mass is 422 g/mol. The number of nitrogens with zero attached hydrogens (tertiary/aromatic N) is 1. The molecule has 0 saturated heterocycles. The fourth-order valence-electron chi connectivity index (χ4n) is 3.45. The third-order valence-electron chi connectivity index (χ3n) is 4.86. The maximum atomic E-state index is 13.4. The van der Waals surface area contributed by atoms with Crippen LogP contribution in [0.4, 0.5) is 11.4 Å². The van der Waals surface area contributed by atoms with Crippen LogP contribution in [0, 0.1) is 27.7 Å². The SMILES string of the molecule is Cc1cc(C)cc(N(CC(=O)Nc2c(C)cccc2C)S(=O)(=O)c2ccccc2)c1. The summed E-state index contributed by atoms with van der Waals surface area (Å²) in [4.78, 5) is 13.1. The molecule has 0 aliphatic carbocycles. The van der Waals surface area contributed by atoms with Gasteiger partial charge >= 0.3 is 0 Å². The molecule has 0 atom stereocenters. The number of carbonyl (C=O) groups excluding carboxylic acids is 1. The third kappa shape index (κ3) is 4.71. The van der Waals surface area contributed by atoms with Gasteiger partial charge in [0, 0.05) is 5.69 Å². The van der Waals surface area contributed by atoms with Crippen LogP contribution < -0.4 is 9.62 Å². The van der Waals surface area contributed by atoms with E-state index < -0.39 is 15.9 Å². The number of anilines is 2. The molecule has 0 radical (unpaired) electrons. The van der Waals surface area contributed by atoms with Crippen LogP contribution in [0.1, 0.15) is 22.3 Å². The molecule has 5 nitrogen and oxygen atoms in total. The van der Waals surface area contributed by atoms with Crippen LogP contribution in [0.2, 0.25) is 0 Å². The first-order valence-electron chi connectivity index (χ1n) is 9.70. The van der Waals surface area contributed by atoms with E-state index in [4.69, 9.17) is 0 Å². The summed E-state index contributed by atoms with van der Waals surface area (Å²) in [6.07, 6.45) is 0. The van der Waals surface area contributed by atoms with Crippen molar-refractivity contribution in [1.82, 2.24) is 0 Å². The summed E-state index contributed by atoms with van der Waals surface area (Å²) in [5, 5.41) is 2.89. The van der Waals surface area contributed by atoms with E-state index >= 15 is 0 Å². The van der Waals surface area contributed by atoms with Crippen LogP contribution in [0.15, 0.2) is 71.6 Å². The van der Waals surface area contributed by atoms with E-state index in [1.165, 1.54) is 16.4 Å². The summed E-state index contributed by atoms with van der Waals surface area (Å²) in [6, 6.07) is 19.4. The fourth-order valence-corrected chi connectivity index (χ4v) is 4.88. The van der Waals surface area contributed by atoms with Gasteiger partial charge in [-0.25, -0.2) is 8.42 Å². The molecule has 30 heavy (non-hydrogen) atoms. The summed E-state index contributed by atoms with van der Waals surface area (Å²) in [6.45, 7) is 7.30. The Morgan fingerprint density at radius 1 is 0.833 bits per heavy atom.